The minimum absolute atomic E-state index is 0.170. The molecule has 0 unspecified atom stereocenters. The van der Waals surface area contributed by atoms with Gasteiger partial charge in [0.1, 0.15) is 17.9 Å². The van der Waals surface area contributed by atoms with E-state index >= 15 is 0 Å². The fourth-order valence-corrected chi connectivity index (χ4v) is 4.83. The molecule has 2 aromatic carbocycles. The van der Waals surface area contributed by atoms with E-state index in [1.807, 2.05) is 13.8 Å². The topological polar surface area (TPSA) is 75.7 Å². The van der Waals surface area contributed by atoms with Crippen LogP contribution in [0.2, 0.25) is 0 Å². The third kappa shape index (κ3) is 2.82. The van der Waals surface area contributed by atoms with E-state index in [1.54, 1.807) is 42.5 Å². The lowest BCUT2D eigenvalue weighted by atomic mass is 9.94. The molecule has 136 valence electrons. The summed E-state index contributed by atoms with van der Waals surface area (Å²) in [6, 6.07) is 11.8. The fraction of sp³-hybridized carbons (Fsp3) is 0.316. The van der Waals surface area contributed by atoms with Crippen molar-refractivity contribution in [3.05, 3.63) is 48.0 Å². The molecule has 6 nitrogen and oxygen atoms in total. The van der Waals surface area contributed by atoms with Crippen LogP contribution in [0.4, 0.5) is 11.4 Å². The second-order valence-electron chi connectivity index (χ2n) is 7.21. The number of fused-ring (bicyclic) bond motifs is 2. The molecule has 0 spiro atoms. The van der Waals surface area contributed by atoms with E-state index in [1.165, 1.54) is 0 Å². The Bertz CT molecular complexity index is 998. The minimum Gasteiger partial charge on any atom is -0.488 e. The molecule has 0 atom stereocenters. The van der Waals surface area contributed by atoms with Crippen molar-refractivity contribution in [1.82, 2.24) is 0 Å². The molecule has 7 heteroatoms. The summed E-state index contributed by atoms with van der Waals surface area (Å²) in [4.78, 5) is 12.2. The Morgan fingerprint density at radius 3 is 2.73 bits per heavy atom. The summed E-state index contributed by atoms with van der Waals surface area (Å²) in [5.41, 5.74) is 1.59. The Balaban J connectivity index is 1.75. The zero-order valence-corrected chi connectivity index (χ0v) is 15.5. The second kappa shape index (κ2) is 5.74. The van der Waals surface area contributed by atoms with Crippen molar-refractivity contribution in [2.45, 2.75) is 37.2 Å². The van der Waals surface area contributed by atoms with Crippen LogP contribution in [0.3, 0.4) is 0 Å². The molecule has 0 aromatic heterocycles. The van der Waals surface area contributed by atoms with Crippen LogP contribution >= 0.6 is 0 Å². The van der Waals surface area contributed by atoms with Gasteiger partial charge in [-0.2, -0.15) is 0 Å². The van der Waals surface area contributed by atoms with Crippen molar-refractivity contribution in [3.63, 3.8) is 0 Å². The first-order valence-corrected chi connectivity index (χ1v) is 9.94. The molecule has 0 saturated heterocycles. The predicted molar refractivity (Wildman–Crippen MR) is 99.1 cm³/mol. The Morgan fingerprint density at radius 1 is 1.15 bits per heavy atom. The molecule has 1 amide bonds. The maximum Gasteiger partial charge on any atom is 0.264 e. The fourth-order valence-electron chi connectivity index (χ4n) is 3.34. The number of para-hydroxylation sites is 2. The zero-order valence-electron chi connectivity index (χ0n) is 14.7. The third-order valence-corrected chi connectivity index (χ3v) is 6.49. The van der Waals surface area contributed by atoms with Gasteiger partial charge in [-0.25, -0.2) is 8.42 Å². The first-order chi connectivity index (χ1) is 12.3. The summed E-state index contributed by atoms with van der Waals surface area (Å²) >= 11 is 0. The van der Waals surface area contributed by atoms with Gasteiger partial charge in [0, 0.05) is 0 Å². The van der Waals surface area contributed by atoms with Crippen LogP contribution in [0.5, 0.6) is 5.75 Å². The van der Waals surface area contributed by atoms with Gasteiger partial charge in [0.15, 0.2) is 0 Å². The first kappa shape index (κ1) is 16.9. The largest absolute Gasteiger partial charge is 0.488 e. The lowest BCUT2D eigenvalue weighted by Crippen LogP contribution is -2.42. The zero-order chi connectivity index (χ0) is 18.5. The summed E-state index contributed by atoms with van der Waals surface area (Å²) in [6.07, 6.45) is 1.57. The predicted octanol–water partition coefficient (Wildman–Crippen LogP) is 2.94. The molecule has 0 saturated carbocycles. The first-order valence-electron chi connectivity index (χ1n) is 8.50. The summed E-state index contributed by atoms with van der Waals surface area (Å²) in [7, 11) is -3.85. The number of carbonyl (C=O) groups is 1. The van der Waals surface area contributed by atoms with Crippen LogP contribution in [-0.2, 0) is 21.2 Å². The van der Waals surface area contributed by atoms with E-state index in [4.69, 9.17) is 4.74 Å². The van der Waals surface area contributed by atoms with Gasteiger partial charge in [0.2, 0.25) is 5.91 Å². The van der Waals surface area contributed by atoms with Crippen molar-refractivity contribution in [1.29, 1.82) is 0 Å². The molecule has 0 aliphatic carbocycles. The van der Waals surface area contributed by atoms with Crippen LogP contribution < -0.4 is 14.4 Å². The molecule has 4 rings (SSSR count). The average molecular weight is 372 g/mol. The van der Waals surface area contributed by atoms with E-state index in [-0.39, 0.29) is 22.9 Å². The highest BCUT2D eigenvalue weighted by Gasteiger charge is 2.34. The molecule has 2 aliphatic heterocycles. The third-order valence-electron chi connectivity index (χ3n) is 4.74. The SMILES string of the molecule is CC1(C)CCc2cc(S(=O)(=O)N3CC(=O)Nc4ccccc43)ccc2O1. The number of rotatable bonds is 2. The van der Waals surface area contributed by atoms with E-state index in [2.05, 4.69) is 5.32 Å². The number of hydrogen-bond acceptors (Lipinski definition) is 4. The van der Waals surface area contributed by atoms with Gasteiger partial charge in [-0.1, -0.05) is 12.1 Å². The van der Waals surface area contributed by atoms with Gasteiger partial charge >= 0.3 is 0 Å². The molecule has 2 heterocycles. The number of nitrogens with zero attached hydrogens (tertiary/aromatic N) is 1. The van der Waals surface area contributed by atoms with E-state index in [9.17, 15) is 13.2 Å². The number of carbonyl (C=O) groups excluding carboxylic acids is 1. The Morgan fingerprint density at radius 2 is 1.92 bits per heavy atom. The molecule has 2 aliphatic rings. The molecular formula is C19H20N2O4S. The molecule has 26 heavy (non-hydrogen) atoms. The van der Waals surface area contributed by atoms with Gasteiger partial charge in [0.25, 0.3) is 10.0 Å². The Kier molecular flexibility index (Phi) is 3.73. The Hall–Kier alpha value is -2.54. The number of sulfonamides is 1. The van der Waals surface area contributed by atoms with Gasteiger partial charge in [0.05, 0.1) is 16.3 Å². The minimum atomic E-state index is -3.85. The normalized spacial score (nSPS) is 18.4. The van der Waals surface area contributed by atoms with Crippen LogP contribution in [0.15, 0.2) is 47.4 Å². The summed E-state index contributed by atoms with van der Waals surface area (Å²) < 4.78 is 33.5. The smallest absolute Gasteiger partial charge is 0.264 e. The number of aryl methyl sites for hydroxylation is 1. The molecule has 2 aromatic rings. The highest BCUT2D eigenvalue weighted by Crippen LogP contribution is 2.37. The number of amides is 1. The molecule has 0 fully saturated rings. The van der Waals surface area contributed by atoms with E-state index in [0.29, 0.717) is 11.4 Å². The van der Waals surface area contributed by atoms with Crippen LogP contribution in [0.25, 0.3) is 0 Å². The maximum absolute atomic E-state index is 13.2. The van der Waals surface area contributed by atoms with Crippen LogP contribution in [0, 0.1) is 0 Å². The number of nitrogens with one attached hydrogen (secondary N) is 1. The van der Waals surface area contributed by atoms with Crippen molar-refractivity contribution in [3.8, 4) is 5.75 Å². The van der Waals surface area contributed by atoms with Crippen LogP contribution in [-0.4, -0.2) is 26.5 Å². The molecule has 0 radical (unpaired) electrons. The maximum atomic E-state index is 13.2. The quantitative estimate of drug-likeness (QED) is 0.879. The van der Waals surface area contributed by atoms with Crippen molar-refractivity contribution in [2.24, 2.45) is 0 Å². The molecule has 0 bridgehead atoms. The Labute approximate surface area is 152 Å². The highest BCUT2D eigenvalue weighted by atomic mass is 32.2. The molecule has 1 N–H and O–H groups in total. The highest BCUT2D eigenvalue weighted by molar-refractivity contribution is 7.92. The number of ether oxygens (including phenoxy) is 1. The lowest BCUT2D eigenvalue weighted by Gasteiger charge is -2.33. The standard InChI is InChI=1S/C19H20N2O4S/c1-19(2)10-9-13-11-14(7-8-17(13)25-19)26(23,24)21-12-18(22)20-15-5-3-4-6-16(15)21/h3-8,11H,9-10,12H2,1-2H3,(H,20,22). The molecular weight excluding hydrogens is 352 g/mol. The number of benzene rings is 2. The second-order valence-corrected chi connectivity index (χ2v) is 9.07. The van der Waals surface area contributed by atoms with E-state index in [0.717, 1.165) is 28.5 Å². The van der Waals surface area contributed by atoms with Gasteiger partial charge in [-0.05, 0) is 62.6 Å². The van der Waals surface area contributed by atoms with Crippen molar-refractivity contribution < 1.29 is 17.9 Å². The van der Waals surface area contributed by atoms with Crippen molar-refractivity contribution in [2.75, 3.05) is 16.2 Å². The number of hydrogen-bond donors (Lipinski definition) is 1. The number of anilines is 2. The summed E-state index contributed by atoms with van der Waals surface area (Å²) in [6.45, 7) is 3.80. The average Bonchev–Trinajstić information content (AvgIpc) is 2.59. The lowest BCUT2D eigenvalue weighted by molar-refractivity contribution is -0.115. The van der Waals surface area contributed by atoms with Gasteiger partial charge in [-0.3, -0.25) is 9.10 Å². The summed E-state index contributed by atoms with van der Waals surface area (Å²) in [5, 5.41) is 2.71. The summed E-state index contributed by atoms with van der Waals surface area (Å²) in [5.74, 6) is 0.368. The van der Waals surface area contributed by atoms with E-state index < -0.39 is 10.0 Å². The monoisotopic (exact) mass is 372 g/mol. The van der Waals surface area contributed by atoms with Crippen molar-refractivity contribution >= 4 is 27.3 Å². The van der Waals surface area contributed by atoms with Gasteiger partial charge in [-0.15, -0.1) is 0 Å². The van der Waals surface area contributed by atoms with Crippen LogP contribution in [0.1, 0.15) is 25.8 Å². The van der Waals surface area contributed by atoms with Gasteiger partial charge < -0.3 is 10.1 Å².